The topological polar surface area (TPSA) is 29.3 Å². The van der Waals surface area contributed by atoms with E-state index in [4.69, 9.17) is 5.73 Å². The van der Waals surface area contributed by atoms with Gasteiger partial charge in [0, 0.05) is 22.9 Å². The Hall–Kier alpha value is -1.55. The average molecular weight is 295 g/mol. The predicted molar refractivity (Wildman–Crippen MR) is 73.0 cm³/mol. The number of nitrogens with two attached hydrogens (primary N) is 1. The summed E-state index contributed by atoms with van der Waals surface area (Å²) in [6.07, 6.45) is 0. The minimum Gasteiger partial charge on any atom is -0.399 e. The van der Waals surface area contributed by atoms with E-state index in [1.54, 1.807) is 36.2 Å². The van der Waals surface area contributed by atoms with Crippen molar-refractivity contribution in [1.82, 2.24) is 0 Å². The second kappa shape index (κ2) is 4.75. The number of anilines is 3. The van der Waals surface area contributed by atoms with Crippen molar-refractivity contribution in [2.75, 3.05) is 17.7 Å². The first-order valence-electron chi connectivity index (χ1n) is 5.12. The van der Waals surface area contributed by atoms with E-state index in [-0.39, 0.29) is 5.82 Å². The zero-order chi connectivity index (χ0) is 12.4. The summed E-state index contributed by atoms with van der Waals surface area (Å²) in [6, 6.07) is 12.2. The molecule has 0 saturated heterocycles. The van der Waals surface area contributed by atoms with E-state index in [1.165, 1.54) is 6.07 Å². The van der Waals surface area contributed by atoms with Gasteiger partial charge in [-0.1, -0.05) is 22.0 Å². The highest BCUT2D eigenvalue weighted by Gasteiger charge is 2.09. The van der Waals surface area contributed by atoms with Crippen molar-refractivity contribution in [3.63, 3.8) is 0 Å². The van der Waals surface area contributed by atoms with Crippen molar-refractivity contribution in [2.45, 2.75) is 0 Å². The van der Waals surface area contributed by atoms with E-state index < -0.39 is 0 Å². The Labute approximate surface area is 108 Å². The molecule has 0 radical (unpaired) electrons. The fourth-order valence-corrected chi connectivity index (χ4v) is 1.96. The Morgan fingerprint density at radius 2 is 1.94 bits per heavy atom. The summed E-state index contributed by atoms with van der Waals surface area (Å²) >= 11 is 3.33. The van der Waals surface area contributed by atoms with E-state index in [9.17, 15) is 4.39 Å². The van der Waals surface area contributed by atoms with Crippen LogP contribution in [0.25, 0.3) is 0 Å². The Morgan fingerprint density at radius 1 is 1.18 bits per heavy atom. The predicted octanol–water partition coefficient (Wildman–Crippen LogP) is 3.94. The van der Waals surface area contributed by atoms with Crippen LogP contribution in [0.15, 0.2) is 46.9 Å². The van der Waals surface area contributed by atoms with E-state index in [0.717, 1.165) is 10.2 Å². The number of rotatable bonds is 2. The molecular weight excluding hydrogens is 283 g/mol. The van der Waals surface area contributed by atoms with Gasteiger partial charge in [-0.3, -0.25) is 0 Å². The monoisotopic (exact) mass is 294 g/mol. The van der Waals surface area contributed by atoms with Gasteiger partial charge in [-0.2, -0.15) is 0 Å². The zero-order valence-corrected chi connectivity index (χ0v) is 10.9. The van der Waals surface area contributed by atoms with Crippen molar-refractivity contribution in [3.8, 4) is 0 Å². The molecule has 2 rings (SSSR count). The minimum atomic E-state index is -0.266. The Bertz CT molecular complexity index is 543. The van der Waals surface area contributed by atoms with Crippen LogP contribution in [-0.2, 0) is 0 Å². The van der Waals surface area contributed by atoms with Crippen LogP contribution >= 0.6 is 15.9 Å². The third-order valence-electron chi connectivity index (χ3n) is 2.53. The van der Waals surface area contributed by atoms with Crippen LogP contribution in [-0.4, -0.2) is 7.05 Å². The smallest absolute Gasteiger partial charge is 0.146 e. The number of hydrogen-bond acceptors (Lipinski definition) is 2. The van der Waals surface area contributed by atoms with Gasteiger partial charge in [0.25, 0.3) is 0 Å². The van der Waals surface area contributed by atoms with Crippen LogP contribution in [0.5, 0.6) is 0 Å². The second-order valence-electron chi connectivity index (χ2n) is 3.75. The largest absolute Gasteiger partial charge is 0.399 e. The van der Waals surface area contributed by atoms with Crippen LogP contribution < -0.4 is 10.6 Å². The molecule has 0 saturated carbocycles. The summed E-state index contributed by atoms with van der Waals surface area (Å²) in [5.41, 5.74) is 7.72. The third-order valence-corrected chi connectivity index (χ3v) is 3.02. The van der Waals surface area contributed by atoms with Crippen LogP contribution in [0, 0.1) is 5.82 Å². The Kier molecular flexibility index (Phi) is 3.33. The molecular formula is C13H12BrFN2. The van der Waals surface area contributed by atoms with Gasteiger partial charge in [0.1, 0.15) is 5.82 Å². The molecule has 0 aliphatic carbocycles. The maximum Gasteiger partial charge on any atom is 0.146 e. The Morgan fingerprint density at radius 3 is 2.65 bits per heavy atom. The van der Waals surface area contributed by atoms with Crippen LogP contribution in [0.1, 0.15) is 0 Å². The fourth-order valence-electron chi connectivity index (χ4n) is 1.62. The van der Waals surface area contributed by atoms with Gasteiger partial charge in [0.15, 0.2) is 0 Å². The molecule has 88 valence electrons. The van der Waals surface area contributed by atoms with Gasteiger partial charge < -0.3 is 10.6 Å². The molecule has 0 amide bonds. The van der Waals surface area contributed by atoms with Gasteiger partial charge in [-0.25, -0.2) is 4.39 Å². The highest BCUT2D eigenvalue weighted by atomic mass is 79.9. The van der Waals surface area contributed by atoms with Crippen LogP contribution in [0.4, 0.5) is 21.5 Å². The maximum atomic E-state index is 13.7. The molecule has 2 aromatic carbocycles. The summed E-state index contributed by atoms with van der Waals surface area (Å²) in [6.45, 7) is 0. The van der Waals surface area contributed by atoms with E-state index in [0.29, 0.717) is 11.4 Å². The standard InChI is InChI=1S/C13H12BrFN2/c1-17(11-4-2-3-10(16)8-11)13-7-9(14)5-6-12(13)15/h2-8H,16H2,1H3. The number of nitrogen functional groups attached to an aromatic ring is 1. The number of benzene rings is 2. The van der Waals surface area contributed by atoms with E-state index >= 15 is 0 Å². The molecule has 0 aromatic heterocycles. The molecule has 0 atom stereocenters. The minimum absolute atomic E-state index is 0.266. The highest BCUT2D eigenvalue weighted by Crippen LogP contribution is 2.29. The number of hydrogen-bond donors (Lipinski definition) is 1. The summed E-state index contributed by atoms with van der Waals surface area (Å²) < 4.78 is 14.6. The van der Waals surface area contributed by atoms with Crippen molar-refractivity contribution in [2.24, 2.45) is 0 Å². The van der Waals surface area contributed by atoms with Gasteiger partial charge in [0.2, 0.25) is 0 Å². The molecule has 0 unspecified atom stereocenters. The zero-order valence-electron chi connectivity index (χ0n) is 9.32. The molecule has 17 heavy (non-hydrogen) atoms. The maximum absolute atomic E-state index is 13.7. The Balaban J connectivity index is 2.43. The molecule has 4 heteroatoms. The van der Waals surface area contributed by atoms with Crippen molar-refractivity contribution in [1.29, 1.82) is 0 Å². The van der Waals surface area contributed by atoms with Gasteiger partial charge in [-0.15, -0.1) is 0 Å². The van der Waals surface area contributed by atoms with Gasteiger partial charge in [0.05, 0.1) is 5.69 Å². The lowest BCUT2D eigenvalue weighted by molar-refractivity contribution is 0.627. The summed E-state index contributed by atoms with van der Waals surface area (Å²) in [5.74, 6) is -0.266. The quantitative estimate of drug-likeness (QED) is 0.850. The first-order chi connectivity index (χ1) is 8.08. The fraction of sp³-hybridized carbons (Fsp3) is 0.0769. The van der Waals surface area contributed by atoms with Gasteiger partial charge >= 0.3 is 0 Å². The van der Waals surface area contributed by atoms with Crippen molar-refractivity contribution >= 4 is 33.0 Å². The number of halogens is 2. The van der Waals surface area contributed by atoms with E-state index in [2.05, 4.69) is 15.9 Å². The van der Waals surface area contributed by atoms with E-state index in [1.807, 2.05) is 12.1 Å². The van der Waals surface area contributed by atoms with Crippen LogP contribution in [0.3, 0.4) is 0 Å². The molecule has 0 bridgehead atoms. The molecule has 0 fully saturated rings. The molecule has 0 aliphatic rings. The summed E-state index contributed by atoms with van der Waals surface area (Å²) in [7, 11) is 1.81. The molecule has 2 nitrogen and oxygen atoms in total. The summed E-state index contributed by atoms with van der Waals surface area (Å²) in [5, 5.41) is 0. The molecule has 2 aromatic rings. The average Bonchev–Trinajstić information content (AvgIpc) is 2.31. The van der Waals surface area contributed by atoms with Gasteiger partial charge in [-0.05, 0) is 36.4 Å². The molecule has 0 heterocycles. The lowest BCUT2D eigenvalue weighted by atomic mass is 10.2. The lowest BCUT2D eigenvalue weighted by Gasteiger charge is -2.20. The first kappa shape index (κ1) is 11.9. The molecule has 0 spiro atoms. The number of nitrogens with zero attached hydrogens (tertiary/aromatic N) is 1. The lowest BCUT2D eigenvalue weighted by Crippen LogP contribution is -2.11. The molecule has 2 N–H and O–H groups in total. The normalized spacial score (nSPS) is 10.3. The van der Waals surface area contributed by atoms with Crippen LogP contribution in [0.2, 0.25) is 0 Å². The summed E-state index contributed by atoms with van der Waals surface area (Å²) in [4.78, 5) is 1.76. The highest BCUT2D eigenvalue weighted by molar-refractivity contribution is 9.10. The third kappa shape index (κ3) is 2.58. The van der Waals surface area contributed by atoms with Crippen molar-refractivity contribution in [3.05, 3.63) is 52.8 Å². The second-order valence-corrected chi connectivity index (χ2v) is 4.67. The molecule has 0 aliphatic heterocycles. The first-order valence-corrected chi connectivity index (χ1v) is 5.91. The van der Waals surface area contributed by atoms with Crippen molar-refractivity contribution < 1.29 is 4.39 Å². The SMILES string of the molecule is CN(c1cccc(N)c1)c1cc(Br)ccc1F.